The van der Waals surface area contributed by atoms with Gasteiger partial charge in [-0.25, -0.2) is 4.79 Å². The monoisotopic (exact) mass is 549 g/mol. The van der Waals surface area contributed by atoms with E-state index < -0.39 is 17.4 Å². The summed E-state index contributed by atoms with van der Waals surface area (Å²) in [5.74, 6) is 1.05. The second kappa shape index (κ2) is 9.93. The smallest absolute Gasteiger partial charge is 0.320 e. The Hall–Kier alpha value is -3.91. The molecule has 0 amide bonds. The molecule has 11 heteroatoms. The van der Waals surface area contributed by atoms with E-state index >= 15 is 0 Å². The van der Waals surface area contributed by atoms with Gasteiger partial charge in [0.25, 0.3) is 0 Å². The average molecular weight is 550 g/mol. The summed E-state index contributed by atoms with van der Waals surface area (Å²) >= 11 is 0. The Labute approximate surface area is 229 Å². The van der Waals surface area contributed by atoms with E-state index in [0.29, 0.717) is 36.7 Å². The van der Waals surface area contributed by atoms with E-state index in [2.05, 4.69) is 16.3 Å². The Morgan fingerprint density at radius 2 is 1.93 bits per heavy atom. The summed E-state index contributed by atoms with van der Waals surface area (Å²) in [6.45, 7) is 2.93. The molecule has 1 saturated heterocycles. The molecule has 8 nitrogen and oxygen atoms in total. The van der Waals surface area contributed by atoms with Crippen molar-refractivity contribution >= 4 is 5.52 Å². The molecule has 0 N–H and O–H groups in total. The predicted octanol–water partition coefficient (Wildman–Crippen LogP) is 5.08. The number of alkyl halides is 3. The Bertz CT molecular complexity index is 1660. The van der Waals surface area contributed by atoms with E-state index in [1.807, 2.05) is 41.6 Å². The highest BCUT2D eigenvalue weighted by Gasteiger charge is 2.36. The van der Waals surface area contributed by atoms with Crippen LogP contribution in [-0.4, -0.2) is 41.7 Å². The van der Waals surface area contributed by atoms with Crippen LogP contribution in [0.3, 0.4) is 0 Å². The van der Waals surface area contributed by atoms with Crippen LogP contribution in [0.25, 0.3) is 11.2 Å². The highest BCUT2D eigenvalue weighted by molar-refractivity contribution is 5.58. The minimum Gasteiger partial charge on any atom is -0.320 e. The van der Waals surface area contributed by atoms with E-state index in [-0.39, 0.29) is 23.4 Å². The molecule has 3 aromatic heterocycles. The summed E-state index contributed by atoms with van der Waals surface area (Å²) in [5, 5.41) is 17.7. The second-order valence-corrected chi connectivity index (χ2v) is 11.1. The van der Waals surface area contributed by atoms with Crippen LogP contribution < -0.4 is 5.69 Å². The number of likely N-dealkylation sites (tertiary alicyclic amines) is 1. The van der Waals surface area contributed by atoms with Crippen molar-refractivity contribution in [2.45, 2.75) is 50.7 Å². The molecule has 40 heavy (non-hydrogen) atoms. The number of benzene rings is 1. The topological polar surface area (TPSA) is 84.2 Å². The molecule has 1 aliphatic heterocycles. The molecule has 6 rings (SSSR count). The zero-order valence-corrected chi connectivity index (χ0v) is 22.3. The van der Waals surface area contributed by atoms with Gasteiger partial charge in [-0.1, -0.05) is 18.6 Å². The normalized spacial score (nSPS) is 19.9. The molecular weight excluding hydrogens is 519 g/mol. The quantitative estimate of drug-likeness (QED) is 0.335. The van der Waals surface area contributed by atoms with Crippen molar-refractivity contribution in [2.24, 2.45) is 18.9 Å². The molecule has 0 unspecified atom stereocenters. The lowest BCUT2D eigenvalue weighted by Gasteiger charge is -2.33. The molecule has 1 aliphatic carbocycles. The van der Waals surface area contributed by atoms with Crippen LogP contribution in [0.2, 0.25) is 0 Å². The van der Waals surface area contributed by atoms with Crippen molar-refractivity contribution in [1.29, 1.82) is 5.26 Å². The third kappa shape index (κ3) is 4.50. The summed E-state index contributed by atoms with van der Waals surface area (Å²) in [5.41, 5.74) is 0.218. The first-order valence-corrected chi connectivity index (χ1v) is 13.6. The number of aromatic nitrogens is 5. The van der Waals surface area contributed by atoms with Gasteiger partial charge in [-0.3, -0.25) is 13.9 Å². The van der Waals surface area contributed by atoms with Crippen molar-refractivity contribution < 1.29 is 13.2 Å². The average Bonchev–Trinajstić information content (AvgIpc) is 3.63. The molecule has 4 heterocycles. The Balaban J connectivity index is 1.44. The van der Waals surface area contributed by atoms with Gasteiger partial charge in [0, 0.05) is 44.5 Å². The molecule has 1 saturated carbocycles. The summed E-state index contributed by atoms with van der Waals surface area (Å²) in [4.78, 5) is 15.6. The molecule has 2 aliphatic rings. The number of hydrogen-bond acceptors (Lipinski definition) is 5. The van der Waals surface area contributed by atoms with Gasteiger partial charge in [0.15, 0.2) is 0 Å². The minimum atomic E-state index is -4.65. The molecule has 4 aromatic rings. The number of halogens is 3. The van der Waals surface area contributed by atoms with Gasteiger partial charge in [-0.2, -0.15) is 18.4 Å². The maximum Gasteiger partial charge on any atom is 0.418 e. The molecule has 3 atom stereocenters. The molecule has 0 spiro atoms. The zero-order chi connectivity index (χ0) is 28.2. The maximum absolute atomic E-state index is 14.3. The number of hydrogen-bond donors (Lipinski definition) is 0. The maximum atomic E-state index is 14.3. The molecule has 0 bridgehead atoms. The SMILES string of the molecule is C[C@H](c1cc(C(F)(F)F)c2cn(-c3cccc([C@H](c4nncn4C)C4CCC4)c3)c(=O)n2c1)N1CC[C@H](C#N)C1. The number of nitrogens with zero attached hydrogens (tertiary/aromatic N) is 7. The highest BCUT2D eigenvalue weighted by atomic mass is 19.4. The molecule has 2 fully saturated rings. The number of aryl methyl sites for hydroxylation is 1. The van der Waals surface area contributed by atoms with Crippen LogP contribution in [0.4, 0.5) is 13.2 Å². The fourth-order valence-electron chi connectivity index (χ4n) is 6.15. The fraction of sp³-hybridized carbons (Fsp3) is 0.448. The van der Waals surface area contributed by atoms with Gasteiger partial charge >= 0.3 is 11.9 Å². The molecular formula is C29H30F3N7O. The number of pyridine rings is 1. The number of rotatable bonds is 6. The summed E-state index contributed by atoms with van der Waals surface area (Å²) in [6.07, 6.45) is 3.73. The first kappa shape index (κ1) is 26.3. The summed E-state index contributed by atoms with van der Waals surface area (Å²) in [6, 6.07) is 10.4. The van der Waals surface area contributed by atoms with Crippen LogP contribution in [0, 0.1) is 23.2 Å². The Kier molecular flexibility index (Phi) is 6.53. The van der Waals surface area contributed by atoms with Crippen molar-refractivity contribution in [1.82, 2.24) is 28.6 Å². The third-order valence-corrected chi connectivity index (χ3v) is 8.68. The number of fused-ring (bicyclic) bond motifs is 1. The standard InChI is InChI=1S/C29H30F3N7O/c1-18(37-10-9-19(13-33)14-37)22-12-24(29(30,31)32)25-16-38(28(40)39(25)15-22)23-8-4-7-21(11-23)26(20-5-3-6-20)27-35-34-17-36(27)2/h4,7-8,11-12,15-20,26H,3,5-6,9-10,14H2,1-2H3/t18-,19-,26-/m1/s1. The lowest BCUT2D eigenvalue weighted by Crippen LogP contribution is -2.26. The summed E-state index contributed by atoms with van der Waals surface area (Å²) < 4.78 is 47.2. The number of nitriles is 1. The molecule has 208 valence electrons. The van der Waals surface area contributed by atoms with Gasteiger partial charge in [-0.15, -0.1) is 10.2 Å². The molecule has 1 aromatic carbocycles. The van der Waals surface area contributed by atoms with Crippen molar-refractivity contribution in [2.75, 3.05) is 13.1 Å². The van der Waals surface area contributed by atoms with E-state index in [9.17, 15) is 23.2 Å². The highest BCUT2D eigenvalue weighted by Crippen LogP contribution is 2.43. The van der Waals surface area contributed by atoms with Gasteiger partial charge in [0.05, 0.1) is 28.8 Å². The van der Waals surface area contributed by atoms with Crippen LogP contribution in [-0.2, 0) is 13.2 Å². The van der Waals surface area contributed by atoms with Crippen molar-refractivity contribution in [3.8, 4) is 11.8 Å². The summed E-state index contributed by atoms with van der Waals surface area (Å²) in [7, 11) is 1.90. The minimum absolute atomic E-state index is 0.0233. The Morgan fingerprint density at radius 1 is 1.12 bits per heavy atom. The van der Waals surface area contributed by atoms with E-state index in [1.54, 1.807) is 12.4 Å². The van der Waals surface area contributed by atoms with Gasteiger partial charge < -0.3 is 4.57 Å². The lowest BCUT2D eigenvalue weighted by atomic mass is 9.72. The first-order chi connectivity index (χ1) is 19.2. The third-order valence-electron chi connectivity index (χ3n) is 8.68. The lowest BCUT2D eigenvalue weighted by molar-refractivity contribution is -0.136. The van der Waals surface area contributed by atoms with Crippen LogP contribution in [0.1, 0.15) is 67.1 Å². The largest absolute Gasteiger partial charge is 0.418 e. The van der Waals surface area contributed by atoms with Gasteiger partial charge in [0.1, 0.15) is 12.2 Å². The van der Waals surface area contributed by atoms with Crippen molar-refractivity contribution in [3.05, 3.63) is 82.1 Å². The van der Waals surface area contributed by atoms with E-state index in [4.69, 9.17) is 0 Å². The fourth-order valence-corrected chi connectivity index (χ4v) is 6.15. The van der Waals surface area contributed by atoms with E-state index in [1.165, 1.54) is 17.0 Å². The molecule has 0 radical (unpaired) electrons. The van der Waals surface area contributed by atoms with Gasteiger partial charge in [0.2, 0.25) is 0 Å². The first-order valence-electron chi connectivity index (χ1n) is 13.6. The van der Waals surface area contributed by atoms with Crippen LogP contribution in [0.5, 0.6) is 0 Å². The number of imidazole rings is 1. The zero-order valence-electron chi connectivity index (χ0n) is 22.3. The second-order valence-electron chi connectivity index (χ2n) is 11.1. The van der Waals surface area contributed by atoms with E-state index in [0.717, 1.165) is 41.1 Å². The predicted molar refractivity (Wildman–Crippen MR) is 142 cm³/mol. The Morgan fingerprint density at radius 3 is 2.55 bits per heavy atom. The van der Waals surface area contributed by atoms with Crippen molar-refractivity contribution in [3.63, 3.8) is 0 Å². The van der Waals surface area contributed by atoms with Crippen LogP contribution >= 0.6 is 0 Å². The van der Waals surface area contributed by atoms with Crippen LogP contribution in [0.15, 0.2) is 53.8 Å². The van der Waals surface area contributed by atoms with Gasteiger partial charge in [-0.05, 0) is 61.4 Å².